The van der Waals surface area contributed by atoms with Crippen molar-refractivity contribution >= 4 is 15.9 Å². The number of aryl methyl sites for hydroxylation is 1. The molecule has 0 saturated carbocycles. The van der Waals surface area contributed by atoms with Gasteiger partial charge in [-0.05, 0) is 64.1 Å². The number of halogens is 2. The van der Waals surface area contributed by atoms with Gasteiger partial charge in [0.25, 0.3) is 0 Å². The Labute approximate surface area is 134 Å². The monoisotopic (exact) mass is 349 g/mol. The first-order valence-electron chi connectivity index (χ1n) is 7.40. The summed E-state index contributed by atoms with van der Waals surface area (Å²) in [5.41, 5.74) is 3.83. The molecule has 2 rings (SSSR count). The Hall–Kier alpha value is -1.19. The van der Waals surface area contributed by atoms with Crippen LogP contribution >= 0.6 is 15.9 Å². The molecular weight excluding hydrogens is 329 g/mol. The predicted molar refractivity (Wildman–Crippen MR) is 90.0 cm³/mol. The Balaban J connectivity index is 2.28. The average Bonchev–Trinajstić information content (AvgIpc) is 2.50. The molecule has 1 N–H and O–H groups in total. The van der Waals surface area contributed by atoms with Crippen LogP contribution in [-0.4, -0.2) is 6.54 Å². The summed E-state index contributed by atoms with van der Waals surface area (Å²) in [6, 6.07) is 14.0. The number of nitrogens with one attached hydrogen (secondary N) is 1. The quantitative estimate of drug-likeness (QED) is 0.769. The fourth-order valence-electron chi connectivity index (χ4n) is 2.64. The van der Waals surface area contributed by atoms with Crippen LogP contribution in [0.25, 0.3) is 0 Å². The molecule has 2 aromatic carbocycles. The van der Waals surface area contributed by atoms with Crippen LogP contribution in [0.3, 0.4) is 0 Å². The van der Waals surface area contributed by atoms with Crippen LogP contribution in [0.2, 0.25) is 0 Å². The summed E-state index contributed by atoms with van der Waals surface area (Å²) in [7, 11) is 0. The summed E-state index contributed by atoms with van der Waals surface area (Å²) in [4.78, 5) is 0. The lowest BCUT2D eigenvalue weighted by molar-refractivity contribution is 0.544. The number of hydrogen-bond donors (Lipinski definition) is 1. The zero-order chi connectivity index (χ0) is 15.2. The fourth-order valence-corrected chi connectivity index (χ4v) is 3.06. The van der Waals surface area contributed by atoms with E-state index in [1.807, 2.05) is 12.1 Å². The average molecular weight is 350 g/mol. The van der Waals surface area contributed by atoms with Gasteiger partial charge in [0.05, 0.1) is 4.47 Å². The molecule has 0 radical (unpaired) electrons. The van der Waals surface area contributed by atoms with Gasteiger partial charge in [-0.15, -0.1) is 0 Å². The minimum atomic E-state index is -0.215. The molecule has 3 heteroatoms. The van der Waals surface area contributed by atoms with E-state index in [9.17, 15) is 4.39 Å². The SMILES string of the molecule is CCNC(Cc1ccc(F)c(Br)c1)c1ccccc1CC. The van der Waals surface area contributed by atoms with Crippen LogP contribution in [0.15, 0.2) is 46.9 Å². The molecule has 0 bridgehead atoms. The second-order valence-corrected chi connectivity index (χ2v) is 5.97. The molecule has 1 unspecified atom stereocenters. The highest BCUT2D eigenvalue weighted by atomic mass is 79.9. The lowest BCUT2D eigenvalue weighted by Gasteiger charge is -2.21. The van der Waals surface area contributed by atoms with E-state index in [1.165, 1.54) is 17.2 Å². The van der Waals surface area contributed by atoms with Crippen molar-refractivity contribution in [3.63, 3.8) is 0 Å². The normalized spacial score (nSPS) is 12.4. The van der Waals surface area contributed by atoms with Crippen molar-refractivity contribution in [1.29, 1.82) is 0 Å². The van der Waals surface area contributed by atoms with Crippen molar-refractivity contribution in [3.05, 3.63) is 69.4 Å². The van der Waals surface area contributed by atoms with Crippen molar-refractivity contribution in [2.24, 2.45) is 0 Å². The van der Waals surface area contributed by atoms with Gasteiger partial charge in [-0.1, -0.05) is 44.2 Å². The number of rotatable bonds is 6. The van der Waals surface area contributed by atoms with E-state index in [0.717, 1.165) is 24.9 Å². The second kappa shape index (κ2) is 7.71. The van der Waals surface area contributed by atoms with Crippen LogP contribution < -0.4 is 5.32 Å². The zero-order valence-electron chi connectivity index (χ0n) is 12.5. The van der Waals surface area contributed by atoms with Crippen molar-refractivity contribution in [1.82, 2.24) is 5.32 Å². The molecule has 0 heterocycles. The molecule has 21 heavy (non-hydrogen) atoms. The van der Waals surface area contributed by atoms with Crippen LogP contribution in [0.1, 0.15) is 36.6 Å². The molecule has 1 atom stereocenters. The Morgan fingerprint density at radius 2 is 1.90 bits per heavy atom. The predicted octanol–water partition coefficient (Wildman–Crippen LogP) is 5.04. The highest BCUT2D eigenvalue weighted by molar-refractivity contribution is 9.10. The van der Waals surface area contributed by atoms with Gasteiger partial charge < -0.3 is 5.32 Å². The van der Waals surface area contributed by atoms with Gasteiger partial charge in [0.1, 0.15) is 5.82 Å². The maximum absolute atomic E-state index is 13.4. The number of likely N-dealkylation sites (N-methyl/N-ethyl adjacent to an activating group) is 1. The molecule has 0 spiro atoms. The van der Waals surface area contributed by atoms with E-state index in [1.54, 1.807) is 0 Å². The molecule has 2 aromatic rings. The third-order valence-electron chi connectivity index (χ3n) is 3.69. The molecule has 1 nitrogen and oxygen atoms in total. The number of hydrogen-bond acceptors (Lipinski definition) is 1. The minimum absolute atomic E-state index is 0.215. The summed E-state index contributed by atoms with van der Waals surface area (Å²) in [6.45, 7) is 5.20. The van der Waals surface area contributed by atoms with Crippen LogP contribution in [0.4, 0.5) is 4.39 Å². The van der Waals surface area contributed by atoms with Gasteiger partial charge in [0.2, 0.25) is 0 Å². The first kappa shape index (κ1) is 16.2. The maximum Gasteiger partial charge on any atom is 0.137 e. The molecule has 0 aliphatic carbocycles. The third-order valence-corrected chi connectivity index (χ3v) is 4.29. The largest absolute Gasteiger partial charge is 0.310 e. The van der Waals surface area contributed by atoms with Gasteiger partial charge in [-0.25, -0.2) is 4.39 Å². The summed E-state index contributed by atoms with van der Waals surface area (Å²) in [5, 5.41) is 3.55. The van der Waals surface area contributed by atoms with E-state index >= 15 is 0 Å². The van der Waals surface area contributed by atoms with Crippen LogP contribution in [0.5, 0.6) is 0 Å². The summed E-state index contributed by atoms with van der Waals surface area (Å²) in [6.07, 6.45) is 1.87. The standard InChI is InChI=1S/C18H21BrFN/c1-3-14-7-5-6-8-15(14)18(21-4-2)12-13-9-10-17(20)16(19)11-13/h5-11,18,21H,3-4,12H2,1-2H3. The Morgan fingerprint density at radius 1 is 1.14 bits per heavy atom. The zero-order valence-corrected chi connectivity index (χ0v) is 14.1. The van der Waals surface area contributed by atoms with Crippen LogP contribution in [0, 0.1) is 5.82 Å². The maximum atomic E-state index is 13.4. The molecular formula is C18H21BrFN. The number of benzene rings is 2. The van der Waals surface area contributed by atoms with E-state index in [4.69, 9.17) is 0 Å². The Bertz CT molecular complexity index is 598. The highest BCUT2D eigenvalue weighted by Gasteiger charge is 2.14. The molecule has 0 aliphatic heterocycles. The smallest absolute Gasteiger partial charge is 0.137 e. The summed E-state index contributed by atoms with van der Waals surface area (Å²) >= 11 is 3.26. The van der Waals surface area contributed by atoms with Crippen molar-refractivity contribution in [2.75, 3.05) is 6.54 Å². The van der Waals surface area contributed by atoms with Gasteiger partial charge in [0, 0.05) is 6.04 Å². The topological polar surface area (TPSA) is 12.0 Å². The fraction of sp³-hybridized carbons (Fsp3) is 0.333. The van der Waals surface area contributed by atoms with Gasteiger partial charge in [-0.2, -0.15) is 0 Å². The molecule has 0 aliphatic rings. The van der Waals surface area contributed by atoms with Crippen molar-refractivity contribution in [3.8, 4) is 0 Å². The lowest BCUT2D eigenvalue weighted by atomic mass is 9.93. The molecule has 0 aromatic heterocycles. The summed E-state index contributed by atoms with van der Waals surface area (Å²) in [5.74, 6) is -0.215. The first-order chi connectivity index (χ1) is 10.2. The minimum Gasteiger partial charge on any atom is -0.310 e. The van der Waals surface area contributed by atoms with Gasteiger partial charge >= 0.3 is 0 Å². The van der Waals surface area contributed by atoms with E-state index < -0.39 is 0 Å². The van der Waals surface area contributed by atoms with Crippen LogP contribution in [-0.2, 0) is 12.8 Å². The summed E-state index contributed by atoms with van der Waals surface area (Å²) < 4.78 is 13.9. The Kier molecular flexibility index (Phi) is 5.95. The first-order valence-corrected chi connectivity index (χ1v) is 8.20. The highest BCUT2D eigenvalue weighted by Crippen LogP contribution is 2.25. The Morgan fingerprint density at radius 3 is 2.57 bits per heavy atom. The van der Waals surface area contributed by atoms with Crippen molar-refractivity contribution in [2.45, 2.75) is 32.7 Å². The van der Waals surface area contributed by atoms with Gasteiger partial charge in [-0.3, -0.25) is 0 Å². The van der Waals surface area contributed by atoms with Gasteiger partial charge in [0.15, 0.2) is 0 Å². The van der Waals surface area contributed by atoms with E-state index in [2.05, 4.69) is 59.4 Å². The second-order valence-electron chi connectivity index (χ2n) is 5.12. The third kappa shape index (κ3) is 4.14. The van der Waals surface area contributed by atoms with E-state index in [0.29, 0.717) is 4.47 Å². The molecule has 0 saturated heterocycles. The van der Waals surface area contributed by atoms with E-state index in [-0.39, 0.29) is 11.9 Å². The molecule has 0 fully saturated rings. The van der Waals surface area contributed by atoms with Crippen molar-refractivity contribution < 1.29 is 4.39 Å². The molecule has 0 amide bonds. The molecule has 112 valence electrons. The lowest BCUT2D eigenvalue weighted by Crippen LogP contribution is -2.24.